The molecule has 2 heterocycles. The molecular formula is C19H31N4OS+. The fourth-order valence-corrected chi connectivity index (χ4v) is 4.22. The summed E-state index contributed by atoms with van der Waals surface area (Å²) >= 11 is 1.67. The van der Waals surface area contributed by atoms with Gasteiger partial charge in [0.05, 0.1) is 12.7 Å². The molecule has 2 aromatic rings. The second kappa shape index (κ2) is 8.15. The van der Waals surface area contributed by atoms with Gasteiger partial charge in [-0.25, -0.2) is 4.98 Å². The highest BCUT2D eigenvalue weighted by atomic mass is 32.1. The Morgan fingerprint density at radius 2 is 2.00 bits per heavy atom. The molecule has 2 aromatic heterocycles. The number of nitrogens with zero attached hydrogens (tertiary/aromatic N) is 2. The molecular weight excluding hydrogens is 332 g/mol. The number of hydrogen-bond donors (Lipinski definition) is 2. The Bertz CT molecular complexity index is 730. The van der Waals surface area contributed by atoms with Crippen molar-refractivity contribution < 1.29 is 9.69 Å². The highest BCUT2D eigenvalue weighted by molar-refractivity contribution is 7.09. The van der Waals surface area contributed by atoms with Crippen LogP contribution < -0.4 is 10.2 Å². The molecule has 138 valence electrons. The van der Waals surface area contributed by atoms with E-state index in [-0.39, 0.29) is 11.9 Å². The second-order valence-electron chi connectivity index (χ2n) is 7.41. The van der Waals surface area contributed by atoms with Crippen LogP contribution in [0.3, 0.4) is 0 Å². The van der Waals surface area contributed by atoms with Gasteiger partial charge < -0.3 is 14.8 Å². The lowest BCUT2D eigenvalue weighted by molar-refractivity contribution is -0.885. The van der Waals surface area contributed by atoms with E-state index in [1.165, 1.54) is 17.0 Å². The molecule has 2 N–H and O–H groups in total. The molecule has 0 aliphatic carbocycles. The number of amides is 1. The van der Waals surface area contributed by atoms with Gasteiger partial charge in [0, 0.05) is 34.4 Å². The largest absolute Gasteiger partial charge is 0.349 e. The molecule has 0 saturated heterocycles. The van der Waals surface area contributed by atoms with Gasteiger partial charge in [0.1, 0.15) is 11.6 Å². The van der Waals surface area contributed by atoms with Crippen LogP contribution in [0.1, 0.15) is 50.1 Å². The number of carbonyl (C=O) groups excluding carboxylic acids is 1. The summed E-state index contributed by atoms with van der Waals surface area (Å²) < 4.78 is 2.35. The maximum Gasteiger partial charge on any atom is 0.275 e. The number of quaternary nitrogens is 1. The van der Waals surface area contributed by atoms with Gasteiger partial charge in [-0.3, -0.25) is 4.79 Å². The smallest absolute Gasteiger partial charge is 0.275 e. The molecule has 0 radical (unpaired) electrons. The van der Waals surface area contributed by atoms with Crippen molar-refractivity contribution >= 4 is 17.2 Å². The highest BCUT2D eigenvalue weighted by Crippen LogP contribution is 2.29. The molecule has 1 atom stereocenters. The zero-order valence-electron chi connectivity index (χ0n) is 16.4. The molecule has 0 bridgehead atoms. The molecule has 0 aliphatic heterocycles. The van der Waals surface area contributed by atoms with E-state index in [1.54, 1.807) is 11.3 Å². The molecule has 1 unspecified atom stereocenters. The predicted octanol–water partition coefficient (Wildman–Crippen LogP) is 2.35. The standard InChI is InChI=1S/C19H30N4OS/c1-12(2)20-18(24)9-22(7)10-19-21-17(11-25-19)16-8-14(5)23(13(3)4)15(16)6/h8,11-13H,9-10H2,1-7H3,(H,20,24)/p+1. The first-order valence-corrected chi connectivity index (χ1v) is 9.80. The molecule has 5 nitrogen and oxygen atoms in total. The number of thiazole rings is 1. The van der Waals surface area contributed by atoms with Crippen molar-refractivity contribution in [3.05, 3.63) is 27.8 Å². The van der Waals surface area contributed by atoms with Gasteiger partial charge in [0.15, 0.2) is 6.54 Å². The first-order chi connectivity index (χ1) is 11.7. The molecule has 0 spiro atoms. The molecule has 2 rings (SSSR count). The quantitative estimate of drug-likeness (QED) is 0.793. The van der Waals surface area contributed by atoms with Gasteiger partial charge in [0.25, 0.3) is 5.91 Å². The fourth-order valence-electron chi connectivity index (χ4n) is 3.31. The Morgan fingerprint density at radius 1 is 1.32 bits per heavy atom. The molecule has 0 aromatic carbocycles. The summed E-state index contributed by atoms with van der Waals surface area (Å²) in [6.07, 6.45) is 0. The molecule has 25 heavy (non-hydrogen) atoms. The fraction of sp³-hybridized carbons (Fsp3) is 0.579. The summed E-state index contributed by atoms with van der Waals surface area (Å²) in [5.41, 5.74) is 4.79. The average Bonchev–Trinajstić information content (AvgIpc) is 3.01. The summed E-state index contributed by atoms with van der Waals surface area (Å²) in [6.45, 7) is 13.9. The van der Waals surface area contributed by atoms with Gasteiger partial charge in [-0.15, -0.1) is 11.3 Å². The Balaban J connectivity index is 2.08. The van der Waals surface area contributed by atoms with Crippen LogP contribution in [-0.4, -0.2) is 35.1 Å². The normalized spacial score (nSPS) is 12.8. The lowest BCUT2D eigenvalue weighted by atomic mass is 10.2. The Hall–Kier alpha value is -1.66. The zero-order chi connectivity index (χ0) is 18.7. The summed E-state index contributed by atoms with van der Waals surface area (Å²) in [4.78, 5) is 17.8. The number of nitrogens with one attached hydrogen (secondary N) is 2. The summed E-state index contributed by atoms with van der Waals surface area (Å²) in [6, 6.07) is 2.85. The van der Waals surface area contributed by atoms with E-state index in [0.29, 0.717) is 12.6 Å². The number of likely N-dealkylation sites (N-methyl/N-ethyl adjacent to an activating group) is 1. The van der Waals surface area contributed by atoms with Gasteiger partial charge in [-0.1, -0.05) is 0 Å². The summed E-state index contributed by atoms with van der Waals surface area (Å²) in [5.74, 6) is 0.0877. The van der Waals surface area contributed by atoms with E-state index in [1.807, 2.05) is 20.9 Å². The van der Waals surface area contributed by atoms with Crippen LogP contribution in [0.15, 0.2) is 11.4 Å². The zero-order valence-corrected chi connectivity index (χ0v) is 17.3. The third-order valence-corrected chi connectivity index (χ3v) is 5.04. The van der Waals surface area contributed by atoms with E-state index >= 15 is 0 Å². The molecule has 0 saturated carbocycles. The minimum absolute atomic E-state index is 0.0877. The van der Waals surface area contributed by atoms with E-state index in [0.717, 1.165) is 22.1 Å². The third kappa shape index (κ3) is 4.92. The monoisotopic (exact) mass is 363 g/mol. The minimum atomic E-state index is 0.0877. The highest BCUT2D eigenvalue weighted by Gasteiger charge is 2.17. The second-order valence-corrected chi connectivity index (χ2v) is 8.35. The van der Waals surface area contributed by atoms with Gasteiger partial charge in [0.2, 0.25) is 0 Å². The van der Waals surface area contributed by atoms with Crippen LogP contribution in [0, 0.1) is 13.8 Å². The van der Waals surface area contributed by atoms with Crippen molar-refractivity contribution in [3.8, 4) is 11.3 Å². The van der Waals surface area contributed by atoms with Gasteiger partial charge in [-0.05, 0) is 47.6 Å². The lowest BCUT2D eigenvalue weighted by Crippen LogP contribution is -3.09. The molecule has 1 amide bonds. The van der Waals surface area contributed by atoms with Crippen molar-refractivity contribution in [1.29, 1.82) is 0 Å². The first kappa shape index (κ1) is 19.7. The number of aromatic nitrogens is 2. The summed E-state index contributed by atoms with van der Waals surface area (Å²) in [5, 5.41) is 6.13. The minimum Gasteiger partial charge on any atom is -0.349 e. The Labute approximate surface area is 155 Å². The van der Waals surface area contributed by atoms with Crippen LogP contribution >= 0.6 is 11.3 Å². The van der Waals surface area contributed by atoms with E-state index in [2.05, 4.69) is 49.0 Å². The summed E-state index contributed by atoms with van der Waals surface area (Å²) in [7, 11) is 2.03. The van der Waals surface area contributed by atoms with Crippen LogP contribution in [0.2, 0.25) is 0 Å². The number of aryl methyl sites for hydroxylation is 1. The van der Waals surface area contributed by atoms with E-state index in [4.69, 9.17) is 4.98 Å². The van der Waals surface area contributed by atoms with Gasteiger partial charge in [-0.2, -0.15) is 0 Å². The molecule has 0 fully saturated rings. The van der Waals surface area contributed by atoms with Crippen LogP contribution in [0.5, 0.6) is 0 Å². The van der Waals surface area contributed by atoms with Crippen LogP contribution in [0.4, 0.5) is 0 Å². The number of rotatable bonds is 7. The van der Waals surface area contributed by atoms with Gasteiger partial charge >= 0.3 is 0 Å². The topological polar surface area (TPSA) is 51.4 Å². The van der Waals surface area contributed by atoms with Crippen molar-refractivity contribution in [3.63, 3.8) is 0 Å². The van der Waals surface area contributed by atoms with Crippen molar-refractivity contribution in [2.45, 2.75) is 60.2 Å². The van der Waals surface area contributed by atoms with Crippen molar-refractivity contribution in [2.75, 3.05) is 13.6 Å². The Morgan fingerprint density at radius 3 is 2.56 bits per heavy atom. The first-order valence-electron chi connectivity index (χ1n) is 8.92. The number of hydrogen-bond acceptors (Lipinski definition) is 3. The van der Waals surface area contributed by atoms with Crippen molar-refractivity contribution in [1.82, 2.24) is 14.9 Å². The van der Waals surface area contributed by atoms with E-state index < -0.39 is 0 Å². The number of carbonyl (C=O) groups is 1. The van der Waals surface area contributed by atoms with Crippen LogP contribution in [0.25, 0.3) is 11.3 Å². The van der Waals surface area contributed by atoms with Crippen molar-refractivity contribution in [2.24, 2.45) is 0 Å². The Kier molecular flexibility index (Phi) is 6.41. The van der Waals surface area contributed by atoms with Crippen LogP contribution in [-0.2, 0) is 11.3 Å². The molecule has 6 heteroatoms. The average molecular weight is 364 g/mol. The molecule has 0 aliphatic rings. The lowest BCUT2D eigenvalue weighted by Gasteiger charge is -2.14. The third-order valence-electron chi connectivity index (χ3n) is 4.19. The SMILES string of the molecule is Cc1cc(-c2csc(C[NH+](C)CC(=O)NC(C)C)n2)c(C)n1C(C)C. The predicted molar refractivity (Wildman–Crippen MR) is 104 cm³/mol. The van der Waals surface area contributed by atoms with E-state index in [9.17, 15) is 4.79 Å². The maximum atomic E-state index is 11.9. The maximum absolute atomic E-state index is 11.9.